The zero-order valence-corrected chi connectivity index (χ0v) is 16.0. The van der Waals surface area contributed by atoms with Crippen molar-refractivity contribution >= 4 is 11.8 Å². The van der Waals surface area contributed by atoms with E-state index in [0.717, 1.165) is 17.8 Å². The Labute approximate surface area is 159 Å². The third kappa shape index (κ3) is 5.17. The SMILES string of the molecule is CN(C)CCN1C[C@@H](C(=O)NCc2cccc(-n3cccn3)c2)CCC1=O. The van der Waals surface area contributed by atoms with Gasteiger partial charge in [0.05, 0.1) is 11.6 Å². The summed E-state index contributed by atoms with van der Waals surface area (Å²) in [5.41, 5.74) is 1.98. The van der Waals surface area contributed by atoms with Crippen molar-refractivity contribution in [3.63, 3.8) is 0 Å². The summed E-state index contributed by atoms with van der Waals surface area (Å²) in [5, 5.41) is 7.25. The lowest BCUT2D eigenvalue weighted by molar-refractivity contribution is -0.138. The number of likely N-dealkylation sites (tertiary alicyclic amines) is 1. The molecule has 2 aromatic rings. The molecule has 7 nitrogen and oxygen atoms in total. The molecule has 1 fully saturated rings. The van der Waals surface area contributed by atoms with E-state index in [-0.39, 0.29) is 17.7 Å². The molecule has 0 aliphatic carbocycles. The fourth-order valence-corrected chi connectivity index (χ4v) is 3.23. The van der Waals surface area contributed by atoms with Crippen molar-refractivity contribution < 1.29 is 9.59 Å². The minimum Gasteiger partial charge on any atom is -0.352 e. The minimum absolute atomic E-state index is 0.0156. The lowest BCUT2D eigenvalue weighted by Gasteiger charge is -2.32. The summed E-state index contributed by atoms with van der Waals surface area (Å²) in [6.45, 7) is 2.45. The van der Waals surface area contributed by atoms with Crippen LogP contribution in [-0.2, 0) is 16.1 Å². The van der Waals surface area contributed by atoms with Gasteiger partial charge in [-0.25, -0.2) is 4.68 Å². The highest BCUT2D eigenvalue weighted by Gasteiger charge is 2.29. The molecule has 2 amide bonds. The second kappa shape index (κ2) is 8.81. The summed E-state index contributed by atoms with van der Waals surface area (Å²) in [7, 11) is 3.96. The van der Waals surface area contributed by atoms with Crippen molar-refractivity contribution in [2.24, 2.45) is 5.92 Å². The first-order valence-corrected chi connectivity index (χ1v) is 9.32. The van der Waals surface area contributed by atoms with Crippen LogP contribution in [0.1, 0.15) is 18.4 Å². The molecule has 0 unspecified atom stereocenters. The van der Waals surface area contributed by atoms with Crippen LogP contribution in [0, 0.1) is 5.92 Å². The van der Waals surface area contributed by atoms with Crippen molar-refractivity contribution in [1.82, 2.24) is 24.9 Å². The van der Waals surface area contributed by atoms with Crippen LogP contribution in [-0.4, -0.2) is 65.1 Å². The molecule has 1 aliphatic heterocycles. The molecule has 3 rings (SSSR count). The number of amides is 2. The Morgan fingerprint density at radius 1 is 1.33 bits per heavy atom. The topological polar surface area (TPSA) is 70.5 Å². The average Bonchev–Trinajstić information content (AvgIpc) is 3.20. The molecule has 0 radical (unpaired) electrons. The molecule has 0 spiro atoms. The van der Waals surface area contributed by atoms with Gasteiger partial charge < -0.3 is 15.1 Å². The zero-order valence-electron chi connectivity index (χ0n) is 16.0. The molecular formula is C20H27N5O2. The predicted molar refractivity (Wildman–Crippen MR) is 103 cm³/mol. The molecular weight excluding hydrogens is 342 g/mol. The molecule has 1 N–H and O–H groups in total. The number of hydrogen-bond donors (Lipinski definition) is 1. The molecule has 1 aromatic heterocycles. The molecule has 144 valence electrons. The van der Waals surface area contributed by atoms with Crippen molar-refractivity contribution in [3.05, 3.63) is 48.3 Å². The van der Waals surface area contributed by atoms with Gasteiger partial charge in [-0.3, -0.25) is 9.59 Å². The molecule has 1 aromatic carbocycles. The fraction of sp³-hybridized carbons (Fsp3) is 0.450. The third-order valence-corrected chi connectivity index (χ3v) is 4.83. The van der Waals surface area contributed by atoms with Gasteiger partial charge in [-0.2, -0.15) is 5.10 Å². The van der Waals surface area contributed by atoms with Gasteiger partial charge in [0.15, 0.2) is 0 Å². The fourth-order valence-electron chi connectivity index (χ4n) is 3.23. The van der Waals surface area contributed by atoms with Crippen LogP contribution in [0.5, 0.6) is 0 Å². The number of piperidine rings is 1. The number of benzene rings is 1. The molecule has 1 saturated heterocycles. The van der Waals surface area contributed by atoms with Gasteiger partial charge in [0.1, 0.15) is 0 Å². The van der Waals surface area contributed by atoms with E-state index in [1.54, 1.807) is 10.9 Å². The maximum Gasteiger partial charge on any atom is 0.225 e. The highest BCUT2D eigenvalue weighted by Crippen LogP contribution is 2.18. The highest BCUT2D eigenvalue weighted by atomic mass is 16.2. The van der Waals surface area contributed by atoms with E-state index >= 15 is 0 Å². The molecule has 0 saturated carbocycles. The largest absolute Gasteiger partial charge is 0.352 e. The Morgan fingerprint density at radius 2 is 2.19 bits per heavy atom. The van der Waals surface area contributed by atoms with Gasteiger partial charge in [-0.05, 0) is 44.3 Å². The second-order valence-corrected chi connectivity index (χ2v) is 7.22. The van der Waals surface area contributed by atoms with E-state index in [0.29, 0.717) is 32.5 Å². The van der Waals surface area contributed by atoms with E-state index in [4.69, 9.17) is 0 Å². The number of nitrogens with zero attached hydrogens (tertiary/aromatic N) is 4. The predicted octanol–water partition coefficient (Wildman–Crippen LogP) is 1.29. The van der Waals surface area contributed by atoms with Gasteiger partial charge >= 0.3 is 0 Å². The van der Waals surface area contributed by atoms with Crippen molar-refractivity contribution in [3.8, 4) is 5.69 Å². The van der Waals surface area contributed by atoms with Crippen molar-refractivity contribution in [2.45, 2.75) is 19.4 Å². The average molecular weight is 369 g/mol. The second-order valence-electron chi connectivity index (χ2n) is 7.22. The maximum atomic E-state index is 12.6. The van der Waals surface area contributed by atoms with Crippen LogP contribution >= 0.6 is 0 Å². The summed E-state index contributed by atoms with van der Waals surface area (Å²) in [6, 6.07) is 9.82. The summed E-state index contributed by atoms with van der Waals surface area (Å²) < 4.78 is 1.79. The van der Waals surface area contributed by atoms with Crippen LogP contribution < -0.4 is 5.32 Å². The Morgan fingerprint density at radius 3 is 2.93 bits per heavy atom. The highest BCUT2D eigenvalue weighted by molar-refractivity contribution is 5.83. The smallest absolute Gasteiger partial charge is 0.225 e. The number of rotatable bonds is 7. The van der Waals surface area contributed by atoms with Crippen LogP contribution in [0.2, 0.25) is 0 Å². The molecule has 0 bridgehead atoms. The summed E-state index contributed by atoms with van der Waals surface area (Å²) in [4.78, 5) is 28.5. The number of likely N-dealkylation sites (N-methyl/N-ethyl adjacent to an activating group) is 1. The van der Waals surface area contributed by atoms with E-state index in [1.807, 2.05) is 60.4 Å². The molecule has 1 atom stereocenters. The number of hydrogen-bond acceptors (Lipinski definition) is 4. The van der Waals surface area contributed by atoms with E-state index in [2.05, 4.69) is 10.4 Å². The standard InChI is InChI=1S/C20H27N5O2/c1-23(2)11-12-24-15-17(7-8-19(24)26)20(27)21-14-16-5-3-6-18(13-16)25-10-4-9-22-25/h3-6,9-10,13,17H,7-8,11-12,14-15H2,1-2H3,(H,21,27)/t17-/m0/s1. The number of carbonyl (C=O) groups excluding carboxylic acids is 2. The summed E-state index contributed by atoms with van der Waals surface area (Å²) in [5.74, 6) is 0.0221. The first kappa shape index (κ1) is 19.1. The molecule has 27 heavy (non-hydrogen) atoms. The first-order valence-electron chi connectivity index (χ1n) is 9.32. The summed E-state index contributed by atoms with van der Waals surface area (Å²) in [6.07, 6.45) is 4.69. The van der Waals surface area contributed by atoms with Crippen LogP contribution in [0.4, 0.5) is 0 Å². The number of carbonyl (C=O) groups is 2. The lowest BCUT2D eigenvalue weighted by atomic mass is 9.96. The normalized spacial score (nSPS) is 17.4. The molecule has 7 heteroatoms. The quantitative estimate of drug-likeness (QED) is 0.798. The van der Waals surface area contributed by atoms with Gasteiger partial charge in [0.25, 0.3) is 0 Å². The van der Waals surface area contributed by atoms with Gasteiger partial charge in [0.2, 0.25) is 11.8 Å². The van der Waals surface area contributed by atoms with Crippen LogP contribution in [0.15, 0.2) is 42.7 Å². The van der Waals surface area contributed by atoms with Crippen LogP contribution in [0.3, 0.4) is 0 Å². The van der Waals surface area contributed by atoms with Gasteiger partial charge in [-0.1, -0.05) is 12.1 Å². The maximum absolute atomic E-state index is 12.6. The van der Waals surface area contributed by atoms with Crippen LogP contribution in [0.25, 0.3) is 5.69 Å². The van der Waals surface area contributed by atoms with Crippen molar-refractivity contribution in [2.75, 3.05) is 33.7 Å². The Bertz CT molecular complexity index is 772. The monoisotopic (exact) mass is 369 g/mol. The molecule has 1 aliphatic rings. The zero-order chi connectivity index (χ0) is 19.2. The third-order valence-electron chi connectivity index (χ3n) is 4.83. The summed E-state index contributed by atoms with van der Waals surface area (Å²) >= 11 is 0. The number of aromatic nitrogens is 2. The van der Waals surface area contributed by atoms with E-state index < -0.39 is 0 Å². The Kier molecular flexibility index (Phi) is 6.24. The van der Waals surface area contributed by atoms with Gasteiger partial charge in [-0.15, -0.1) is 0 Å². The van der Waals surface area contributed by atoms with Gasteiger partial charge in [0, 0.05) is 45.0 Å². The minimum atomic E-state index is -0.140. The van der Waals surface area contributed by atoms with E-state index in [1.165, 1.54) is 0 Å². The molecule has 2 heterocycles. The first-order chi connectivity index (χ1) is 13.0. The Hall–Kier alpha value is -2.67. The lowest BCUT2D eigenvalue weighted by Crippen LogP contribution is -2.47. The van der Waals surface area contributed by atoms with Crippen molar-refractivity contribution in [1.29, 1.82) is 0 Å². The Balaban J connectivity index is 1.54. The van der Waals surface area contributed by atoms with E-state index in [9.17, 15) is 9.59 Å². The number of nitrogens with one attached hydrogen (secondary N) is 1.